The molecule has 0 heterocycles. The van der Waals surface area contributed by atoms with Gasteiger partial charge in [0.15, 0.2) is 0 Å². The summed E-state index contributed by atoms with van der Waals surface area (Å²) in [6, 6.07) is 8.05. The lowest BCUT2D eigenvalue weighted by atomic mass is 10.2. The fourth-order valence-corrected chi connectivity index (χ4v) is 1.90. The molecule has 1 aromatic rings. The van der Waals surface area contributed by atoms with Gasteiger partial charge in [0.05, 0.1) is 6.61 Å². The summed E-state index contributed by atoms with van der Waals surface area (Å²) in [4.78, 5) is 2.44. The minimum Gasteiger partial charge on any atom is -0.494 e. The molecule has 0 bridgehead atoms. The summed E-state index contributed by atoms with van der Waals surface area (Å²) in [5.74, 6) is 0.940. The fraction of sp³-hybridized carbons (Fsp3) is 0.500. The van der Waals surface area contributed by atoms with Crippen LogP contribution in [-0.2, 0) is 0 Å². The Hall–Kier alpha value is -1.28. The summed E-state index contributed by atoms with van der Waals surface area (Å²) in [6.07, 6.45) is 4.14. The summed E-state index contributed by atoms with van der Waals surface area (Å²) in [5, 5.41) is 0. The quantitative estimate of drug-likeness (QED) is 0.615. The van der Waals surface area contributed by atoms with E-state index >= 15 is 0 Å². The highest BCUT2D eigenvalue weighted by Crippen LogP contribution is 2.14. The zero-order valence-corrected chi connectivity index (χ0v) is 11.7. The third kappa shape index (κ3) is 5.37. The molecule has 0 unspecified atom stereocenters. The van der Waals surface area contributed by atoms with Gasteiger partial charge >= 0.3 is 0 Å². The number of unbranched alkanes of at least 4 members (excludes halogenated alkanes) is 1. The number of nitrogens with zero attached hydrogens (tertiary/aromatic N) is 1. The molecule has 1 rings (SSSR count). The maximum Gasteiger partial charge on any atom is 0.119 e. The van der Waals surface area contributed by atoms with Crippen molar-refractivity contribution >= 4 is 6.08 Å². The number of benzene rings is 1. The molecule has 0 radical (unpaired) electrons. The van der Waals surface area contributed by atoms with Crippen LogP contribution in [0, 0.1) is 0 Å². The van der Waals surface area contributed by atoms with Crippen molar-refractivity contribution in [2.45, 2.75) is 26.7 Å². The predicted octanol–water partition coefficient (Wildman–Crippen LogP) is 3.83. The molecule has 0 aliphatic rings. The van der Waals surface area contributed by atoms with E-state index in [2.05, 4.69) is 25.3 Å². The first-order valence-corrected chi connectivity index (χ1v) is 6.87. The molecule has 0 fully saturated rings. The van der Waals surface area contributed by atoms with E-state index in [1.54, 1.807) is 0 Å². The minimum absolute atomic E-state index is 0.794. The van der Waals surface area contributed by atoms with Crippen LogP contribution in [-0.4, -0.2) is 31.1 Å². The smallest absolute Gasteiger partial charge is 0.119 e. The maximum atomic E-state index is 5.73. The number of rotatable bonds is 9. The third-order valence-corrected chi connectivity index (χ3v) is 3.13. The number of hydrogen-bond acceptors (Lipinski definition) is 2. The second kappa shape index (κ2) is 8.76. The van der Waals surface area contributed by atoms with Crippen molar-refractivity contribution in [3.8, 4) is 5.75 Å². The Kier molecular flexibility index (Phi) is 7.19. The molecule has 0 aliphatic carbocycles. The molecule has 0 saturated heterocycles. The fourth-order valence-electron chi connectivity index (χ4n) is 1.90. The zero-order chi connectivity index (χ0) is 13.2. The van der Waals surface area contributed by atoms with E-state index in [1.165, 1.54) is 13.0 Å². The summed E-state index contributed by atoms with van der Waals surface area (Å²) in [5.41, 5.74) is 1.11. The van der Waals surface area contributed by atoms with Crippen LogP contribution in [0.25, 0.3) is 6.08 Å². The van der Waals surface area contributed by atoms with Crippen molar-refractivity contribution in [1.29, 1.82) is 0 Å². The molecule has 100 valence electrons. The highest BCUT2D eigenvalue weighted by molar-refractivity contribution is 5.49. The van der Waals surface area contributed by atoms with Gasteiger partial charge in [-0.05, 0) is 50.2 Å². The summed E-state index contributed by atoms with van der Waals surface area (Å²) in [6.45, 7) is 12.4. The Morgan fingerprint density at radius 3 is 2.67 bits per heavy atom. The van der Waals surface area contributed by atoms with Crippen LogP contribution in [0.4, 0.5) is 0 Å². The Morgan fingerprint density at radius 2 is 2.00 bits per heavy atom. The lowest BCUT2D eigenvalue weighted by molar-refractivity contribution is 0.266. The molecule has 2 nitrogen and oxygen atoms in total. The molecular weight excluding hydrogens is 222 g/mol. The summed E-state index contributed by atoms with van der Waals surface area (Å²) in [7, 11) is 0. The second-order valence-corrected chi connectivity index (χ2v) is 4.36. The standard InChI is InChI=1S/C16H25NO/c1-4-15-10-9-11-16(14-15)18-13-8-7-12-17(5-2)6-3/h4,9-11,14H,1,5-8,12-13H2,2-3H3. The van der Waals surface area contributed by atoms with Gasteiger partial charge in [0.2, 0.25) is 0 Å². The predicted molar refractivity (Wildman–Crippen MR) is 79.1 cm³/mol. The number of hydrogen-bond donors (Lipinski definition) is 0. The molecule has 0 aromatic heterocycles. The first-order valence-electron chi connectivity index (χ1n) is 6.87. The minimum atomic E-state index is 0.794. The van der Waals surface area contributed by atoms with Crippen molar-refractivity contribution in [2.24, 2.45) is 0 Å². The lowest BCUT2D eigenvalue weighted by Gasteiger charge is -2.17. The zero-order valence-electron chi connectivity index (χ0n) is 11.7. The van der Waals surface area contributed by atoms with Gasteiger partial charge in [-0.25, -0.2) is 0 Å². The highest BCUT2D eigenvalue weighted by Gasteiger charge is 1.99. The third-order valence-electron chi connectivity index (χ3n) is 3.13. The Morgan fingerprint density at radius 1 is 1.22 bits per heavy atom. The molecule has 0 aliphatic heterocycles. The average Bonchev–Trinajstić information content (AvgIpc) is 2.43. The SMILES string of the molecule is C=Cc1cccc(OCCCCN(CC)CC)c1. The normalized spacial score (nSPS) is 10.6. The van der Waals surface area contributed by atoms with E-state index in [0.717, 1.165) is 37.4 Å². The maximum absolute atomic E-state index is 5.73. The van der Waals surface area contributed by atoms with Gasteiger partial charge in [0.1, 0.15) is 5.75 Å². The molecule has 2 heteroatoms. The van der Waals surface area contributed by atoms with Crippen molar-refractivity contribution in [1.82, 2.24) is 4.90 Å². The van der Waals surface area contributed by atoms with Gasteiger partial charge in [-0.1, -0.05) is 38.6 Å². The van der Waals surface area contributed by atoms with Crippen LogP contribution in [0.3, 0.4) is 0 Å². The van der Waals surface area contributed by atoms with Crippen LogP contribution in [0.2, 0.25) is 0 Å². The highest BCUT2D eigenvalue weighted by atomic mass is 16.5. The first kappa shape index (κ1) is 14.8. The topological polar surface area (TPSA) is 12.5 Å². The molecule has 0 atom stereocenters. The van der Waals surface area contributed by atoms with Gasteiger partial charge in [-0.15, -0.1) is 0 Å². The van der Waals surface area contributed by atoms with Gasteiger partial charge < -0.3 is 9.64 Å². The largest absolute Gasteiger partial charge is 0.494 e. The van der Waals surface area contributed by atoms with Gasteiger partial charge in [0.25, 0.3) is 0 Å². The van der Waals surface area contributed by atoms with Gasteiger partial charge in [-0.3, -0.25) is 0 Å². The second-order valence-electron chi connectivity index (χ2n) is 4.36. The van der Waals surface area contributed by atoms with E-state index in [9.17, 15) is 0 Å². The summed E-state index contributed by atoms with van der Waals surface area (Å²) >= 11 is 0. The van der Waals surface area contributed by atoms with Crippen molar-refractivity contribution in [3.05, 3.63) is 36.4 Å². The Balaban J connectivity index is 2.19. The Bertz CT molecular complexity index is 345. The molecule has 0 N–H and O–H groups in total. The van der Waals surface area contributed by atoms with Crippen molar-refractivity contribution in [3.63, 3.8) is 0 Å². The van der Waals surface area contributed by atoms with Gasteiger partial charge in [-0.2, -0.15) is 0 Å². The molecule has 0 spiro atoms. The van der Waals surface area contributed by atoms with E-state index in [4.69, 9.17) is 4.74 Å². The van der Waals surface area contributed by atoms with E-state index in [-0.39, 0.29) is 0 Å². The van der Waals surface area contributed by atoms with Crippen LogP contribution in [0.15, 0.2) is 30.8 Å². The van der Waals surface area contributed by atoms with Crippen molar-refractivity contribution < 1.29 is 4.74 Å². The molecule has 18 heavy (non-hydrogen) atoms. The van der Waals surface area contributed by atoms with E-state index in [0.29, 0.717) is 0 Å². The van der Waals surface area contributed by atoms with Crippen LogP contribution >= 0.6 is 0 Å². The Labute approximate surface area is 111 Å². The van der Waals surface area contributed by atoms with Crippen LogP contribution in [0.5, 0.6) is 5.75 Å². The molecule has 0 saturated carbocycles. The molecule has 0 amide bonds. The van der Waals surface area contributed by atoms with Crippen LogP contribution in [0.1, 0.15) is 32.3 Å². The molecular formula is C16H25NO. The van der Waals surface area contributed by atoms with Crippen LogP contribution < -0.4 is 4.74 Å². The van der Waals surface area contributed by atoms with Gasteiger partial charge in [0, 0.05) is 0 Å². The van der Waals surface area contributed by atoms with E-state index in [1.807, 2.05) is 30.3 Å². The number of ether oxygens (including phenoxy) is 1. The average molecular weight is 247 g/mol. The molecule has 1 aromatic carbocycles. The monoisotopic (exact) mass is 247 g/mol. The summed E-state index contributed by atoms with van der Waals surface area (Å²) < 4.78 is 5.73. The van der Waals surface area contributed by atoms with E-state index < -0.39 is 0 Å². The lowest BCUT2D eigenvalue weighted by Crippen LogP contribution is -2.24. The van der Waals surface area contributed by atoms with Crippen molar-refractivity contribution in [2.75, 3.05) is 26.2 Å². The first-order chi connectivity index (χ1) is 8.80.